The first-order valence-corrected chi connectivity index (χ1v) is 24.1. The minimum absolute atomic E-state index is 0.0332. The summed E-state index contributed by atoms with van der Waals surface area (Å²) in [7, 11) is 6.90. The van der Waals surface area contributed by atoms with Crippen molar-refractivity contribution in [2.75, 3.05) is 49.6 Å². The lowest BCUT2D eigenvalue weighted by molar-refractivity contribution is 0.0298. The highest BCUT2D eigenvalue weighted by atomic mass is 16.5. The van der Waals surface area contributed by atoms with Gasteiger partial charge >= 0.3 is 0 Å². The second-order valence-electron chi connectivity index (χ2n) is 18.5. The van der Waals surface area contributed by atoms with Crippen molar-refractivity contribution in [2.45, 2.75) is 126 Å². The Morgan fingerprint density at radius 3 is 1.41 bits per heavy atom. The maximum Gasteiger partial charge on any atom is 0.274 e. The molecule has 6 heterocycles. The monoisotopic (exact) mass is 962 g/mol. The van der Waals surface area contributed by atoms with Crippen molar-refractivity contribution in [2.24, 2.45) is 0 Å². The molecule has 0 bridgehead atoms. The van der Waals surface area contributed by atoms with Crippen LogP contribution in [0.3, 0.4) is 0 Å². The van der Waals surface area contributed by atoms with Crippen molar-refractivity contribution in [3.63, 3.8) is 0 Å². The molecular formula is C48H62N14O8. The molecule has 0 spiro atoms. The van der Waals surface area contributed by atoms with E-state index in [1.807, 2.05) is 0 Å². The van der Waals surface area contributed by atoms with E-state index < -0.39 is 12.2 Å². The van der Waals surface area contributed by atoms with Crippen LogP contribution in [0.4, 0.5) is 34.6 Å². The number of aromatic nitrogens is 8. The summed E-state index contributed by atoms with van der Waals surface area (Å²) in [5.74, 6) is 1.54. The highest BCUT2D eigenvalue weighted by molar-refractivity contribution is 6.01. The fourth-order valence-corrected chi connectivity index (χ4v) is 9.82. The Morgan fingerprint density at radius 2 is 1.06 bits per heavy atom. The molecule has 4 fully saturated rings. The number of aliphatic hydroxyl groups excluding tert-OH is 2. The molecule has 0 aromatic carbocycles. The standard InChI is InChI=1S/2C24H31N7O4/c2*1-25-21-12-20(28-17-7-4-10-30(24(17)34)18-8-9-19(18)32)29-22-16(13-26-31(21)22)23(33)27-14-5-3-6-15(11-14)35-2/h2*4,7,10,12-15,18-19,25,32H,3,5-6,8-9,11H2,1-2H3,(H,27,33)(H,28,29)/t14-,15-,18+,19-;14-,15-,18-,19+/m01/s1. The van der Waals surface area contributed by atoms with E-state index in [4.69, 9.17) is 9.47 Å². The largest absolute Gasteiger partial charge is 0.391 e. The number of carbonyl (C=O) groups excluding carboxylic acids is 2. The summed E-state index contributed by atoms with van der Waals surface area (Å²) in [6.07, 6.45) is 16.0. The maximum atomic E-state index is 13.1. The van der Waals surface area contributed by atoms with E-state index in [0.29, 0.717) is 69.9 Å². The Morgan fingerprint density at radius 1 is 0.629 bits per heavy atom. The number of pyridine rings is 2. The van der Waals surface area contributed by atoms with Crippen LogP contribution < -0.4 is 43.0 Å². The summed E-state index contributed by atoms with van der Waals surface area (Å²) < 4.78 is 17.2. The SMILES string of the molecule is CNc1cc(Nc2cccn([C@@H]3CC[C@@H]3O)c2=O)nc2c(C(=O)N[C@@H]3CCC[C@@H](OC)C3)cnn12.CNc1cc(Nc2cccn([C@@H]3CC[C@@H]3O)c2=O)nc2c(C(=O)N[C@H]3CCC[C@H](OC)C3)cnn12. The van der Waals surface area contributed by atoms with Crippen molar-refractivity contribution in [3.8, 4) is 0 Å². The number of ether oxygens (including phenoxy) is 2. The zero-order valence-electron chi connectivity index (χ0n) is 39.8. The average molecular weight is 963 g/mol. The van der Waals surface area contributed by atoms with Gasteiger partial charge < -0.3 is 60.7 Å². The lowest BCUT2D eigenvalue weighted by Gasteiger charge is -2.34. The summed E-state index contributed by atoms with van der Waals surface area (Å²) in [6, 6.07) is 9.97. The molecule has 0 saturated heterocycles. The molecule has 0 aliphatic heterocycles. The molecule has 70 heavy (non-hydrogen) atoms. The molecule has 22 nitrogen and oxygen atoms in total. The highest BCUT2D eigenvalue weighted by Crippen LogP contribution is 2.33. The molecule has 0 radical (unpaired) electrons. The third kappa shape index (κ3) is 9.93. The number of methoxy groups -OCH3 is 2. The van der Waals surface area contributed by atoms with E-state index in [1.54, 1.807) is 95.3 Å². The molecule has 10 rings (SSSR count). The molecule has 372 valence electrons. The first-order chi connectivity index (χ1) is 34.0. The van der Waals surface area contributed by atoms with Gasteiger partial charge in [-0.25, -0.2) is 9.97 Å². The first kappa shape index (κ1) is 48.2. The van der Waals surface area contributed by atoms with Gasteiger partial charge in [-0.15, -0.1) is 0 Å². The Kier molecular flexibility index (Phi) is 14.4. The van der Waals surface area contributed by atoms with Crippen LogP contribution >= 0.6 is 0 Å². The van der Waals surface area contributed by atoms with Crippen LogP contribution in [-0.4, -0.2) is 125 Å². The summed E-state index contributed by atoms with van der Waals surface area (Å²) in [4.78, 5) is 61.5. The van der Waals surface area contributed by atoms with Gasteiger partial charge in [0.1, 0.15) is 45.8 Å². The van der Waals surface area contributed by atoms with Gasteiger partial charge in [0, 0.05) is 64.9 Å². The second-order valence-corrected chi connectivity index (χ2v) is 18.5. The van der Waals surface area contributed by atoms with Gasteiger partial charge in [0.2, 0.25) is 0 Å². The smallest absolute Gasteiger partial charge is 0.274 e. The van der Waals surface area contributed by atoms with Crippen molar-refractivity contribution >= 4 is 57.8 Å². The third-order valence-electron chi connectivity index (χ3n) is 14.1. The van der Waals surface area contributed by atoms with Crippen LogP contribution in [0.15, 0.2) is 70.8 Å². The number of hydrogen-bond donors (Lipinski definition) is 8. The zero-order valence-corrected chi connectivity index (χ0v) is 39.8. The van der Waals surface area contributed by atoms with E-state index >= 15 is 0 Å². The normalized spacial score (nSPS) is 24.1. The number of amides is 2. The summed E-state index contributed by atoms with van der Waals surface area (Å²) in [5.41, 5.74) is 1.66. The molecule has 8 atom stereocenters. The van der Waals surface area contributed by atoms with Crippen LogP contribution in [0.5, 0.6) is 0 Å². The molecule has 6 aromatic rings. The Bertz CT molecular complexity index is 2770. The predicted molar refractivity (Wildman–Crippen MR) is 263 cm³/mol. The van der Waals surface area contributed by atoms with Crippen molar-refractivity contribution in [1.29, 1.82) is 0 Å². The molecule has 8 N–H and O–H groups in total. The van der Waals surface area contributed by atoms with Gasteiger partial charge in [0.25, 0.3) is 22.9 Å². The summed E-state index contributed by atoms with van der Waals surface area (Å²) in [6.45, 7) is 0. The summed E-state index contributed by atoms with van der Waals surface area (Å²) in [5, 5.41) is 47.2. The molecule has 4 aliphatic rings. The molecule has 22 heteroatoms. The van der Waals surface area contributed by atoms with Gasteiger partial charge in [-0.2, -0.15) is 19.2 Å². The number of hydrogen-bond acceptors (Lipinski definition) is 16. The van der Waals surface area contributed by atoms with E-state index in [2.05, 4.69) is 52.1 Å². The number of rotatable bonds is 14. The number of nitrogens with one attached hydrogen (secondary N) is 6. The van der Waals surface area contributed by atoms with Crippen LogP contribution in [0.1, 0.15) is 110 Å². The minimum atomic E-state index is -0.510. The van der Waals surface area contributed by atoms with Crippen molar-refractivity contribution in [1.82, 2.24) is 49.0 Å². The number of nitrogens with zero attached hydrogens (tertiary/aromatic N) is 8. The van der Waals surface area contributed by atoms with Crippen LogP contribution in [-0.2, 0) is 9.47 Å². The lowest BCUT2D eigenvalue weighted by Crippen LogP contribution is -2.40. The Labute approximate surface area is 403 Å². The molecule has 0 unspecified atom stereocenters. The van der Waals surface area contributed by atoms with Gasteiger partial charge in [-0.1, -0.05) is 0 Å². The third-order valence-corrected chi connectivity index (χ3v) is 14.1. The topological polar surface area (TPSA) is 270 Å². The predicted octanol–water partition coefficient (Wildman–Crippen LogP) is 4.12. The van der Waals surface area contributed by atoms with Crippen LogP contribution in [0.2, 0.25) is 0 Å². The second kappa shape index (κ2) is 21.0. The van der Waals surface area contributed by atoms with E-state index in [0.717, 1.165) is 64.2 Å². The number of fused-ring (bicyclic) bond motifs is 2. The van der Waals surface area contributed by atoms with Gasteiger partial charge in [0.15, 0.2) is 11.3 Å². The average Bonchev–Trinajstić information content (AvgIpc) is 4.00. The minimum Gasteiger partial charge on any atom is -0.391 e. The molecule has 4 saturated carbocycles. The van der Waals surface area contributed by atoms with Gasteiger partial charge in [-0.3, -0.25) is 19.2 Å². The fourth-order valence-electron chi connectivity index (χ4n) is 9.82. The molecule has 4 aliphatic carbocycles. The molecule has 6 aromatic heterocycles. The number of anilines is 6. The van der Waals surface area contributed by atoms with E-state index in [9.17, 15) is 29.4 Å². The summed E-state index contributed by atoms with van der Waals surface area (Å²) >= 11 is 0. The first-order valence-electron chi connectivity index (χ1n) is 24.1. The molecule has 2 amide bonds. The van der Waals surface area contributed by atoms with Crippen LogP contribution in [0.25, 0.3) is 11.3 Å². The van der Waals surface area contributed by atoms with Crippen molar-refractivity contribution in [3.05, 3.63) is 93.0 Å². The van der Waals surface area contributed by atoms with Gasteiger partial charge in [0.05, 0.1) is 48.9 Å². The van der Waals surface area contributed by atoms with E-state index in [-0.39, 0.29) is 59.3 Å². The van der Waals surface area contributed by atoms with Crippen LogP contribution in [0, 0.1) is 0 Å². The van der Waals surface area contributed by atoms with Gasteiger partial charge in [-0.05, 0) is 101 Å². The maximum absolute atomic E-state index is 13.1. The number of aliphatic hydroxyl groups is 2. The Balaban J connectivity index is 0.000000174. The Hall–Kier alpha value is -6.88. The van der Waals surface area contributed by atoms with E-state index in [1.165, 1.54) is 12.4 Å². The van der Waals surface area contributed by atoms with Crippen molar-refractivity contribution < 1.29 is 29.3 Å². The molecular weight excluding hydrogens is 901 g/mol. The lowest BCUT2D eigenvalue weighted by atomic mass is 9.89. The quantitative estimate of drug-likeness (QED) is 0.0763. The zero-order chi connectivity index (χ0) is 49.1. The number of carbonyl (C=O) groups is 2. The fraction of sp³-hybridized carbons (Fsp3) is 0.500. The highest BCUT2D eigenvalue weighted by Gasteiger charge is 2.33.